The second-order valence-electron chi connectivity index (χ2n) is 8.48. The number of anilines is 1. The molecule has 0 radical (unpaired) electrons. The van der Waals surface area contributed by atoms with Gasteiger partial charge in [0.2, 0.25) is 0 Å². The third-order valence-electron chi connectivity index (χ3n) is 6.03. The minimum atomic E-state index is -0.450. The Labute approximate surface area is 199 Å². The van der Waals surface area contributed by atoms with Crippen LogP contribution in [0.4, 0.5) is 5.82 Å². The van der Waals surface area contributed by atoms with Crippen molar-refractivity contribution in [1.82, 2.24) is 14.5 Å². The fourth-order valence-corrected chi connectivity index (χ4v) is 4.11. The highest BCUT2D eigenvalue weighted by atomic mass is 16.5. The summed E-state index contributed by atoms with van der Waals surface area (Å²) < 4.78 is 12.7. The number of methoxy groups -OCH3 is 1. The molecule has 7 heteroatoms. The smallest absolute Gasteiger partial charge is 0.344 e. The first-order valence-corrected chi connectivity index (χ1v) is 12.0. The van der Waals surface area contributed by atoms with Gasteiger partial charge in [0.15, 0.2) is 5.65 Å². The van der Waals surface area contributed by atoms with Crippen LogP contribution in [0.3, 0.4) is 0 Å². The summed E-state index contributed by atoms with van der Waals surface area (Å²) in [6, 6.07) is 15.3. The molecule has 0 unspecified atom stereocenters. The van der Waals surface area contributed by atoms with Gasteiger partial charge in [0.25, 0.3) is 0 Å². The first kappa shape index (κ1) is 23.5. The van der Waals surface area contributed by atoms with E-state index in [2.05, 4.69) is 6.92 Å². The van der Waals surface area contributed by atoms with E-state index in [1.165, 1.54) is 19.3 Å². The lowest BCUT2D eigenvalue weighted by Gasteiger charge is -2.09. The molecule has 0 aliphatic rings. The number of rotatable bonds is 11. The standard InChI is InChI=1S/C27H32N4O3/c1-3-4-5-6-7-10-17-34-27(32)23-24-26(30-22-12-9-8-11-21(22)29-24)31(25(23)28)18-19-13-15-20(33-2)16-14-19/h8-9,11-16H,3-7,10,17-18,28H2,1-2H3. The molecule has 0 aliphatic carbocycles. The third-order valence-corrected chi connectivity index (χ3v) is 6.03. The molecular formula is C27H32N4O3. The highest BCUT2D eigenvalue weighted by Crippen LogP contribution is 2.29. The Kier molecular flexibility index (Phi) is 7.62. The number of carbonyl (C=O) groups is 1. The predicted molar refractivity (Wildman–Crippen MR) is 135 cm³/mol. The van der Waals surface area contributed by atoms with Gasteiger partial charge in [-0.25, -0.2) is 14.8 Å². The highest BCUT2D eigenvalue weighted by molar-refractivity contribution is 6.08. The summed E-state index contributed by atoms with van der Waals surface area (Å²) in [5.41, 5.74) is 10.3. The molecule has 0 aliphatic heterocycles. The molecule has 2 aromatic carbocycles. The van der Waals surface area contributed by atoms with Gasteiger partial charge in [0, 0.05) is 0 Å². The molecule has 4 aromatic rings. The van der Waals surface area contributed by atoms with Gasteiger partial charge in [-0.1, -0.05) is 63.3 Å². The summed E-state index contributed by atoms with van der Waals surface area (Å²) in [5, 5.41) is 0. The first-order chi connectivity index (χ1) is 16.6. The van der Waals surface area contributed by atoms with Gasteiger partial charge in [-0.3, -0.25) is 0 Å². The van der Waals surface area contributed by atoms with Crippen LogP contribution in [-0.2, 0) is 11.3 Å². The van der Waals surface area contributed by atoms with Crippen molar-refractivity contribution in [2.24, 2.45) is 0 Å². The second-order valence-corrected chi connectivity index (χ2v) is 8.48. The maximum atomic E-state index is 13.1. The molecule has 0 bridgehead atoms. The number of hydrogen-bond donors (Lipinski definition) is 1. The van der Waals surface area contributed by atoms with Crippen LogP contribution >= 0.6 is 0 Å². The largest absolute Gasteiger partial charge is 0.497 e. The van der Waals surface area contributed by atoms with Crippen LogP contribution in [0.5, 0.6) is 5.75 Å². The monoisotopic (exact) mass is 460 g/mol. The highest BCUT2D eigenvalue weighted by Gasteiger charge is 2.25. The normalized spacial score (nSPS) is 11.2. The van der Waals surface area contributed by atoms with Crippen molar-refractivity contribution < 1.29 is 14.3 Å². The van der Waals surface area contributed by atoms with Gasteiger partial charge in [0.05, 0.1) is 31.3 Å². The van der Waals surface area contributed by atoms with Crippen LogP contribution in [0.25, 0.3) is 22.2 Å². The van der Waals surface area contributed by atoms with E-state index in [0.717, 1.165) is 36.1 Å². The van der Waals surface area contributed by atoms with E-state index >= 15 is 0 Å². The summed E-state index contributed by atoms with van der Waals surface area (Å²) in [4.78, 5) is 22.6. The van der Waals surface area contributed by atoms with E-state index in [1.807, 2.05) is 53.1 Å². The fourth-order valence-electron chi connectivity index (χ4n) is 4.11. The Morgan fingerprint density at radius 1 is 0.941 bits per heavy atom. The first-order valence-electron chi connectivity index (χ1n) is 12.0. The maximum Gasteiger partial charge on any atom is 0.344 e. The van der Waals surface area contributed by atoms with Gasteiger partial charge in [0.1, 0.15) is 22.6 Å². The minimum absolute atomic E-state index is 0.285. The number of carbonyl (C=O) groups excluding carboxylic acids is 1. The Morgan fingerprint density at radius 2 is 1.62 bits per heavy atom. The number of nitrogens with zero attached hydrogens (tertiary/aromatic N) is 3. The van der Waals surface area contributed by atoms with Gasteiger partial charge in [-0.15, -0.1) is 0 Å². The number of esters is 1. The van der Waals surface area contributed by atoms with Gasteiger partial charge in [-0.2, -0.15) is 0 Å². The Hall–Kier alpha value is -3.61. The van der Waals surface area contributed by atoms with Gasteiger partial charge in [-0.05, 0) is 36.2 Å². The molecular weight excluding hydrogens is 428 g/mol. The predicted octanol–water partition coefficient (Wildman–Crippen LogP) is 5.74. The number of aromatic nitrogens is 3. The van der Waals surface area contributed by atoms with Crippen LogP contribution in [0.2, 0.25) is 0 Å². The van der Waals surface area contributed by atoms with E-state index in [0.29, 0.717) is 35.7 Å². The molecule has 0 saturated heterocycles. The van der Waals surface area contributed by atoms with Crippen LogP contribution in [0.15, 0.2) is 48.5 Å². The molecule has 7 nitrogen and oxygen atoms in total. The van der Waals surface area contributed by atoms with E-state index < -0.39 is 5.97 Å². The zero-order valence-electron chi connectivity index (χ0n) is 19.9. The maximum absolute atomic E-state index is 13.1. The minimum Gasteiger partial charge on any atom is -0.497 e. The Bertz CT molecular complexity index is 1260. The lowest BCUT2D eigenvalue weighted by molar-refractivity contribution is 0.0501. The quantitative estimate of drug-likeness (QED) is 0.227. The van der Waals surface area contributed by atoms with Crippen molar-refractivity contribution in [1.29, 1.82) is 0 Å². The summed E-state index contributed by atoms with van der Waals surface area (Å²) >= 11 is 0. The number of nitrogen functional groups attached to an aromatic ring is 1. The summed E-state index contributed by atoms with van der Waals surface area (Å²) in [5.74, 6) is 0.641. The van der Waals surface area contributed by atoms with Gasteiger partial charge >= 0.3 is 5.97 Å². The zero-order chi connectivity index (χ0) is 23.9. The Balaban J connectivity index is 1.63. The van der Waals surface area contributed by atoms with Crippen LogP contribution < -0.4 is 10.5 Å². The number of para-hydroxylation sites is 2. The summed E-state index contributed by atoms with van der Waals surface area (Å²) in [6.07, 6.45) is 6.73. The van der Waals surface area contributed by atoms with Crippen molar-refractivity contribution in [3.63, 3.8) is 0 Å². The van der Waals surface area contributed by atoms with E-state index in [4.69, 9.17) is 25.2 Å². The zero-order valence-corrected chi connectivity index (χ0v) is 19.9. The van der Waals surface area contributed by atoms with Crippen molar-refractivity contribution in [2.75, 3.05) is 19.5 Å². The van der Waals surface area contributed by atoms with Gasteiger partial charge < -0.3 is 19.8 Å². The molecule has 0 amide bonds. The van der Waals surface area contributed by atoms with Crippen molar-refractivity contribution in [3.8, 4) is 5.75 Å². The summed E-state index contributed by atoms with van der Waals surface area (Å²) in [6.45, 7) is 3.02. The molecule has 2 N–H and O–H groups in total. The lowest BCUT2D eigenvalue weighted by atomic mass is 10.1. The Morgan fingerprint density at radius 3 is 2.32 bits per heavy atom. The fraction of sp³-hybridized carbons (Fsp3) is 0.370. The van der Waals surface area contributed by atoms with Crippen LogP contribution in [0, 0.1) is 0 Å². The molecule has 2 aromatic heterocycles. The number of ether oxygens (including phenoxy) is 2. The lowest BCUT2D eigenvalue weighted by Crippen LogP contribution is -2.11. The van der Waals surface area contributed by atoms with Crippen molar-refractivity contribution >= 4 is 34.0 Å². The van der Waals surface area contributed by atoms with E-state index in [9.17, 15) is 4.79 Å². The molecule has 0 spiro atoms. The van der Waals surface area contributed by atoms with E-state index in [-0.39, 0.29) is 5.56 Å². The molecule has 2 heterocycles. The molecule has 34 heavy (non-hydrogen) atoms. The van der Waals surface area contributed by atoms with Crippen molar-refractivity contribution in [3.05, 3.63) is 59.7 Å². The molecule has 0 fully saturated rings. The topological polar surface area (TPSA) is 92.3 Å². The number of hydrogen-bond acceptors (Lipinski definition) is 6. The van der Waals surface area contributed by atoms with E-state index in [1.54, 1.807) is 7.11 Å². The molecule has 0 saturated carbocycles. The third kappa shape index (κ3) is 5.14. The SMILES string of the molecule is CCCCCCCCOC(=O)c1c(N)n(Cc2ccc(OC)cc2)c2nc3ccccc3nc12. The molecule has 178 valence electrons. The van der Waals surface area contributed by atoms with Crippen molar-refractivity contribution in [2.45, 2.75) is 52.0 Å². The average molecular weight is 461 g/mol. The average Bonchev–Trinajstić information content (AvgIpc) is 3.12. The summed E-state index contributed by atoms with van der Waals surface area (Å²) in [7, 11) is 1.64. The van der Waals surface area contributed by atoms with Crippen LogP contribution in [-0.4, -0.2) is 34.2 Å². The number of benzene rings is 2. The molecule has 0 atom stereocenters. The number of nitrogens with two attached hydrogens (primary N) is 1. The number of fused-ring (bicyclic) bond motifs is 2. The molecule has 4 rings (SSSR count). The van der Waals surface area contributed by atoms with Crippen LogP contribution in [0.1, 0.15) is 61.4 Å². The second kappa shape index (κ2) is 11.0. The number of unbranched alkanes of at least 4 members (excludes halogenated alkanes) is 5.